The maximum atomic E-state index is 11.4. The van der Waals surface area contributed by atoms with Crippen LogP contribution in [0.25, 0.3) is 0 Å². The minimum Gasteiger partial charge on any atom is -0.493 e. The number of hydrogen-bond donors (Lipinski definition) is 2. The Hall–Kier alpha value is -1.55. The van der Waals surface area contributed by atoms with Crippen LogP contribution in [0, 0.1) is 0 Å². The van der Waals surface area contributed by atoms with Gasteiger partial charge >= 0.3 is 0 Å². The highest BCUT2D eigenvalue weighted by atomic mass is 16.5. The lowest BCUT2D eigenvalue weighted by atomic mass is 10.2. The van der Waals surface area contributed by atoms with E-state index in [1.54, 1.807) is 0 Å². The summed E-state index contributed by atoms with van der Waals surface area (Å²) in [4.78, 5) is 11.4. The summed E-state index contributed by atoms with van der Waals surface area (Å²) in [6.45, 7) is 0.847. The molecule has 1 aliphatic rings. The average molecular weight is 234 g/mol. The Kier molecular flexibility index (Phi) is 3.98. The number of nitrogens with two attached hydrogens (primary N) is 1. The lowest BCUT2D eigenvalue weighted by Crippen LogP contribution is -2.26. The van der Waals surface area contributed by atoms with Crippen LogP contribution in [0.3, 0.4) is 0 Å². The van der Waals surface area contributed by atoms with E-state index in [-0.39, 0.29) is 5.91 Å². The molecule has 4 nitrogen and oxygen atoms in total. The molecular weight excluding hydrogens is 216 g/mol. The molecule has 0 radical (unpaired) electrons. The van der Waals surface area contributed by atoms with Gasteiger partial charge in [-0.05, 0) is 18.9 Å². The van der Waals surface area contributed by atoms with Crippen LogP contribution in [-0.4, -0.2) is 18.6 Å². The second-order valence-corrected chi connectivity index (χ2v) is 4.25. The summed E-state index contributed by atoms with van der Waals surface area (Å²) in [5, 5.41) is 2.93. The normalized spacial score (nSPS) is 14.4. The van der Waals surface area contributed by atoms with Crippen molar-refractivity contribution in [3.63, 3.8) is 0 Å². The number of carbonyl (C=O) groups is 1. The van der Waals surface area contributed by atoms with Crippen LogP contribution >= 0.6 is 0 Å². The number of benzene rings is 1. The third kappa shape index (κ3) is 3.75. The van der Waals surface area contributed by atoms with Gasteiger partial charge in [0.2, 0.25) is 5.91 Å². The second kappa shape index (κ2) is 5.68. The van der Waals surface area contributed by atoms with Gasteiger partial charge in [-0.1, -0.05) is 18.2 Å². The molecule has 92 valence electrons. The first-order valence-corrected chi connectivity index (χ1v) is 5.99. The Morgan fingerprint density at radius 2 is 2.18 bits per heavy atom. The Labute approximate surface area is 101 Å². The maximum absolute atomic E-state index is 11.4. The topological polar surface area (TPSA) is 64.3 Å². The molecule has 1 aliphatic carbocycles. The molecule has 4 heteroatoms. The first-order valence-electron chi connectivity index (χ1n) is 5.99. The zero-order valence-corrected chi connectivity index (χ0v) is 9.82. The van der Waals surface area contributed by atoms with Gasteiger partial charge in [0, 0.05) is 18.2 Å². The van der Waals surface area contributed by atoms with Crippen molar-refractivity contribution in [3.05, 3.63) is 29.8 Å². The first kappa shape index (κ1) is 11.9. The third-order valence-electron chi connectivity index (χ3n) is 2.72. The van der Waals surface area contributed by atoms with E-state index in [0.29, 0.717) is 25.6 Å². The quantitative estimate of drug-likeness (QED) is 0.777. The minimum atomic E-state index is 0.0673. The van der Waals surface area contributed by atoms with Gasteiger partial charge in [0.05, 0.1) is 13.0 Å². The molecule has 1 aromatic carbocycles. The Morgan fingerprint density at radius 3 is 2.88 bits per heavy atom. The molecule has 17 heavy (non-hydrogen) atoms. The molecule has 0 unspecified atom stereocenters. The number of para-hydroxylation sites is 1. The van der Waals surface area contributed by atoms with Crippen molar-refractivity contribution >= 4 is 5.91 Å². The smallest absolute Gasteiger partial charge is 0.223 e. The number of carbonyl (C=O) groups excluding carboxylic acids is 1. The molecule has 0 heterocycles. The molecule has 2 rings (SSSR count). The number of nitrogens with one attached hydrogen (secondary N) is 1. The molecule has 1 aromatic rings. The molecule has 1 fully saturated rings. The fourth-order valence-corrected chi connectivity index (χ4v) is 1.59. The van der Waals surface area contributed by atoms with Crippen molar-refractivity contribution in [2.24, 2.45) is 5.73 Å². The average Bonchev–Trinajstić information content (AvgIpc) is 3.13. The molecule has 3 N–H and O–H groups in total. The standard InChI is InChI=1S/C13H18N2O2/c14-9-10-3-1-2-4-12(10)17-8-7-13(16)15-11-5-6-11/h1-4,11H,5-9,14H2,(H,15,16). The molecule has 0 bridgehead atoms. The van der Waals surface area contributed by atoms with E-state index in [0.717, 1.165) is 24.2 Å². The maximum Gasteiger partial charge on any atom is 0.223 e. The predicted molar refractivity (Wildman–Crippen MR) is 65.6 cm³/mol. The van der Waals surface area contributed by atoms with Gasteiger partial charge in [-0.25, -0.2) is 0 Å². The van der Waals surface area contributed by atoms with Crippen LogP contribution < -0.4 is 15.8 Å². The van der Waals surface area contributed by atoms with Crippen molar-refractivity contribution in [2.75, 3.05) is 6.61 Å². The Morgan fingerprint density at radius 1 is 1.41 bits per heavy atom. The van der Waals surface area contributed by atoms with Gasteiger partial charge < -0.3 is 15.8 Å². The molecule has 0 atom stereocenters. The summed E-state index contributed by atoms with van der Waals surface area (Å²) in [6, 6.07) is 8.05. The SMILES string of the molecule is NCc1ccccc1OCCC(=O)NC1CC1. The van der Waals surface area contributed by atoms with Crippen molar-refractivity contribution in [1.29, 1.82) is 0 Å². The van der Waals surface area contributed by atoms with E-state index in [4.69, 9.17) is 10.5 Å². The predicted octanol–water partition coefficient (Wildman–Crippen LogP) is 1.19. The molecule has 1 saturated carbocycles. The van der Waals surface area contributed by atoms with Gasteiger partial charge in [0.1, 0.15) is 5.75 Å². The zero-order chi connectivity index (χ0) is 12.1. The molecule has 0 spiro atoms. The second-order valence-electron chi connectivity index (χ2n) is 4.25. The number of amides is 1. The summed E-state index contributed by atoms with van der Waals surface area (Å²) in [6.07, 6.45) is 2.63. The molecule has 0 saturated heterocycles. The fraction of sp³-hybridized carbons (Fsp3) is 0.462. The fourth-order valence-electron chi connectivity index (χ4n) is 1.59. The molecule has 0 aliphatic heterocycles. The highest BCUT2D eigenvalue weighted by Gasteiger charge is 2.22. The van der Waals surface area contributed by atoms with Crippen molar-refractivity contribution in [2.45, 2.75) is 31.8 Å². The summed E-state index contributed by atoms with van der Waals surface area (Å²) in [5.74, 6) is 0.840. The van der Waals surface area contributed by atoms with Gasteiger partial charge in [-0.2, -0.15) is 0 Å². The highest BCUT2D eigenvalue weighted by molar-refractivity contribution is 5.76. The van der Waals surface area contributed by atoms with Crippen LogP contribution in [0.2, 0.25) is 0 Å². The van der Waals surface area contributed by atoms with Gasteiger partial charge in [0.15, 0.2) is 0 Å². The van der Waals surface area contributed by atoms with Gasteiger partial charge in [-0.15, -0.1) is 0 Å². The van der Waals surface area contributed by atoms with Crippen molar-refractivity contribution in [1.82, 2.24) is 5.32 Å². The third-order valence-corrected chi connectivity index (χ3v) is 2.72. The zero-order valence-electron chi connectivity index (χ0n) is 9.82. The van der Waals surface area contributed by atoms with Crippen LogP contribution in [0.1, 0.15) is 24.8 Å². The van der Waals surface area contributed by atoms with E-state index < -0.39 is 0 Å². The summed E-state index contributed by atoms with van der Waals surface area (Å²) in [5.41, 5.74) is 6.56. The van der Waals surface area contributed by atoms with Crippen LogP contribution in [0.15, 0.2) is 24.3 Å². The van der Waals surface area contributed by atoms with Crippen LogP contribution in [0.5, 0.6) is 5.75 Å². The minimum absolute atomic E-state index is 0.0673. The Bertz CT molecular complexity index is 389. The number of ether oxygens (including phenoxy) is 1. The molecule has 0 aromatic heterocycles. The number of hydrogen-bond acceptors (Lipinski definition) is 3. The van der Waals surface area contributed by atoms with E-state index in [1.165, 1.54) is 0 Å². The van der Waals surface area contributed by atoms with Crippen LogP contribution in [0.4, 0.5) is 0 Å². The Balaban J connectivity index is 1.74. The van der Waals surface area contributed by atoms with Crippen molar-refractivity contribution in [3.8, 4) is 5.75 Å². The lowest BCUT2D eigenvalue weighted by molar-refractivity contribution is -0.121. The molecule has 1 amide bonds. The van der Waals surface area contributed by atoms with E-state index >= 15 is 0 Å². The first-order chi connectivity index (χ1) is 8.29. The lowest BCUT2D eigenvalue weighted by Gasteiger charge is -2.10. The van der Waals surface area contributed by atoms with E-state index in [9.17, 15) is 4.79 Å². The largest absolute Gasteiger partial charge is 0.493 e. The van der Waals surface area contributed by atoms with E-state index in [1.807, 2.05) is 24.3 Å². The molecular formula is C13H18N2O2. The van der Waals surface area contributed by atoms with Gasteiger partial charge in [-0.3, -0.25) is 4.79 Å². The number of rotatable bonds is 6. The monoisotopic (exact) mass is 234 g/mol. The van der Waals surface area contributed by atoms with Crippen molar-refractivity contribution < 1.29 is 9.53 Å². The summed E-state index contributed by atoms with van der Waals surface area (Å²) in [7, 11) is 0. The summed E-state index contributed by atoms with van der Waals surface area (Å²) < 4.78 is 5.56. The van der Waals surface area contributed by atoms with E-state index in [2.05, 4.69) is 5.32 Å². The summed E-state index contributed by atoms with van der Waals surface area (Å²) >= 11 is 0. The van der Waals surface area contributed by atoms with Crippen LogP contribution in [-0.2, 0) is 11.3 Å². The highest BCUT2D eigenvalue weighted by Crippen LogP contribution is 2.19. The van der Waals surface area contributed by atoms with Gasteiger partial charge in [0.25, 0.3) is 0 Å².